The minimum absolute atomic E-state index is 0.236. The molecule has 1 atom stereocenters. The monoisotopic (exact) mass is 273 g/mol. The van der Waals surface area contributed by atoms with E-state index < -0.39 is 0 Å². The second kappa shape index (κ2) is 7.73. The lowest BCUT2D eigenvalue weighted by molar-refractivity contribution is 0.0270. The molecule has 1 aliphatic heterocycles. The maximum Gasteiger partial charge on any atom is 0.0356 e. The highest BCUT2D eigenvalue weighted by Gasteiger charge is 2.38. The molecular formula is C14H31N3S. The first kappa shape index (κ1) is 16.3. The van der Waals surface area contributed by atoms with E-state index in [1.807, 2.05) is 11.8 Å². The molecule has 0 spiro atoms. The third kappa shape index (κ3) is 3.86. The summed E-state index contributed by atoms with van der Waals surface area (Å²) in [7, 11) is 2.27. The van der Waals surface area contributed by atoms with E-state index in [2.05, 4.69) is 37.0 Å². The van der Waals surface area contributed by atoms with Crippen LogP contribution in [-0.2, 0) is 0 Å². The van der Waals surface area contributed by atoms with Gasteiger partial charge in [-0.05, 0) is 59.1 Å². The van der Waals surface area contributed by atoms with Crippen LogP contribution >= 0.6 is 11.8 Å². The molecule has 1 fully saturated rings. The van der Waals surface area contributed by atoms with Gasteiger partial charge in [-0.3, -0.25) is 4.90 Å². The summed E-state index contributed by atoms with van der Waals surface area (Å²) >= 11 is 1.93. The summed E-state index contributed by atoms with van der Waals surface area (Å²) in [4.78, 5) is 5.13. The molecule has 0 radical (unpaired) electrons. The predicted octanol–water partition coefficient (Wildman–Crippen LogP) is 1.87. The van der Waals surface area contributed by atoms with Crippen molar-refractivity contribution in [2.45, 2.75) is 44.7 Å². The van der Waals surface area contributed by atoms with E-state index in [1.54, 1.807) is 0 Å². The lowest BCUT2D eigenvalue weighted by atomic mass is 9.85. The zero-order valence-electron chi connectivity index (χ0n) is 12.6. The molecule has 1 unspecified atom stereocenters. The summed E-state index contributed by atoms with van der Waals surface area (Å²) in [5, 5.41) is 0. The van der Waals surface area contributed by atoms with Crippen molar-refractivity contribution in [3.63, 3.8) is 0 Å². The highest BCUT2D eigenvalue weighted by atomic mass is 32.2. The normalized spacial score (nSPS) is 22.3. The van der Waals surface area contributed by atoms with E-state index in [-0.39, 0.29) is 5.54 Å². The maximum absolute atomic E-state index is 6.13. The van der Waals surface area contributed by atoms with Crippen molar-refractivity contribution in [3.8, 4) is 0 Å². The molecule has 1 rings (SSSR count). The van der Waals surface area contributed by atoms with Crippen LogP contribution in [-0.4, -0.2) is 66.6 Å². The van der Waals surface area contributed by atoms with Gasteiger partial charge >= 0.3 is 0 Å². The molecule has 18 heavy (non-hydrogen) atoms. The number of hydrogen-bond acceptors (Lipinski definition) is 4. The van der Waals surface area contributed by atoms with Crippen molar-refractivity contribution in [1.82, 2.24) is 9.80 Å². The summed E-state index contributed by atoms with van der Waals surface area (Å²) in [6.07, 6.45) is 5.88. The largest absolute Gasteiger partial charge is 0.329 e. The van der Waals surface area contributed by atoms with Crippen LogP contribution < -0.4 is 5.73 Å². The number of likely N-dealkylation sites (N-methyl/N-ethyl adjacent to an activating group) is 1. The van der Waals surface area contributed by atoms with Gasteiger partial charge in [0.2, 0.25) is 0 Å². The van der Waals surface area contributed by atoms with Crippen molar-refractivity contribution in [1.29, 1.82) is 0 Å². The lowest BCUT2D eigenvalue weighted by Gasteiger charge is -2.49. The van der Waals surface area contributed by atoms with Gasteiger partial charge in [-0.1, -0.05) is 6.92 Å². The van der Waals surface area contributed by atoms with Crippen molar-refractivity contribution in [2.75, 3.05) is 45.2 Å². The standard InChI is InChI=1S/C14H31N3S/c1-5-8-17-9-6-14(12-15,7-10-17)16(3)13(2)11-18-4/h13H,5-12,15H2,1-4H3. The van der Waals surface area contributed by atoms with E-state index in [0.29, 0.717) is 6.04 Å². The predicted molar refractivity (Wildman–Crippen MR) is 83.4 cm³/mol. The van der Waals surface area contributed by atoms with Crippen LogP contribution in [0.5, 0.6) is 0 Å². The third-order valence-corrected chi connectivity index (χ3v) is 5.34. The molecule has 4 heteroatoms. The fourth-order valence-corrected chi connectivity index (χ4v) is 3.74. The zero-order chi connectivity index (χ0) is 13.6. The molecular weight excluding hydrogens is 242 g/mol. The number of nitrogens with two attached hydrogens (primary N) is 1. The molecule has 0 bridgehead atoms. The molecule has 1 saturated heterocycles. The fourth-order valence-electron chi connectivity index (χ4n) is 3.03. The second-order valence-corrected chi connectivity index (χ2v) is 6.60. The summed E-state index contributed by atoms with van der Waals surface area (Å²) < 4.78 is 0. The molecule has 1 heterocycles. The number of thioether (sulfide) groups is 1. The molecule has 1 aliphatic rings. The van der Waals surface area contributed by atoms with E-state index in [1.165, 1.54) is 44.6 Å². The van der Waals surface area contributed by atoms with Crippen LogP contribution in [0.3, 0.4) is 0 Å². The van der Waals surface area contributed by atoms with Gasteiger partial charge in [0.05, 0.1) is 0 Å². The van der Waals surface area contributed by atoms with E-state index in [9.17, 15) is 0 Å². The van der Waals surface area contributed by atoms with E-state index >= 15 is 0 Å². The second-order valence-electron chi connectivity index (χ2n) is 5.69. The Morgan fingerprint density at radius 2 is 2.00 bits per heavy atom. The number of piperidine rings is 1. The van der Waals surface area contributed by atoms with Gasteiger partial charge in [0, 0.05) is 23.9 Å². The molecule has 2 N–H and O–H groups in total. The Hall–Kier alpha value is 0.230. The topological polar surface area (TPSA) is 32.5 Å². The molecule has 0 aliphatic carbocycles. The number of hydrogen-bond donors (Lipinski definition) is 1. The first-order valence-electron chi connectivity index (χ1n) is 7.24. The lowest BCUT2D eigenvalue weighted by Crippen LogP contribution is -2.60. The average molecular weight is 273 g/mol. The zero-order valence-corrected chi connectivity index (χ0v) is 13.4. The van der Waals surface area contributed by atoms with E-state index in [0.717, 1.165) is 6.54 Å². The maximum atomic E-state index is 6.13. The van der Waals surface area contributed by atoms with Gasteiger partial charge in [0.1, 0.15) is 0 Å². The first-order chi connectivity index (χ1) is 8.59. The summed E-state index contributed by atoms with van der Waals surface area (Å²) in [6.45, 7) is 9.04. The van der Waals surface area contributed by atoms with Gasteiger partial charge in [0.15, 0.2) is 0 Å². The van der Waals surface area contributed by atoms with Gasteiger partial charge in [-0.25, -0.2) is 0 Å². The smallest absolute Gasteiger partial charge is 0.0356 e. The van der Waals surface area contributed by atoms with Crippen LogP contribution in [0.1, 0.15) is 33.1 Å². The Kier molecular flexibility index (Phi) is 6.99. The fraction of sp³-hybridized carbons (Fsp3) is 1.00. The summed E-state index contributed by atoms with van der Waals surface area (Å²) in [5.41, 5.74) is 6.36. The number of likely N-dealkylation sites (tertiary alicyclic amines) is 1. The van der Waals surface area contributed by atoms with Gasteiger partial charge in [-0.15, -0.1) is 0 Å². The van der Waals surface area contributed by atoms with Crippen LogP contribution in [0.15, 0.2) is 0 Å². The minimum atomic E-state index is 0.236. The number of nitrogens with zero attached hydrogens (tertiary/aromatic N) is 2. The summed E-state index contributed by atoms with van der Waals surface area (Å²) in [5.74, 6) is 1.19. The third-order valence-electron chi connectivity index (χ3n) is 4.52. The van der Waals surface area contributed by atoms with Crippen molar-refractivity contribution in [2.24, 2.45) is 5.73 Å². The Labute approximate surface area is 117 Å². The quantitative estimate of drug-likeness (QED) is 0.767. The highest BCUT2D eigenvalue weighted by Crippen LogP contribution is 2.29. The highest BCUT2D eigenvalue weighted by molar-refractivity contribution is 7.98. The Balaban J connectivity index is 2.59. The molecule has 0 aromatic heterocycles. The van der Waals surface area contributed by atoms with Crippen molar-refractivity contribution < 1.29 is 0 Å². The molecule has 0 aromatic carbocycles. The molecule has 0 amide bonds. The van der Waals surface area contributed by atoms with Gasteiger partial charge < -0.3 is 10.6 Å². The summed E-state index contributed by atoms with van der Waals surface area (Å²) in [6, 6.07) is 0.612. The molecule has 0 saturated carbocycles. The Morgan fingerprint density at radius 1 is 1.39 bits per heavy atom. The van der Waals surface area contributed by atoms with Crippen LogP contribution in [0.2, 0.25) is 0 Å². The van der Waals surface area contributed by atoms with Gasteiger partial charge in [-0.2, -0.15) is 11.8 Å². The molecule has 0 aromatic rings. The van der Waals surface area contributed by atoms with Crippen LogP contribution in [0, 0.1) is 0 Å². The average Bonchev–Trinajstić information content (AvgIpc) is 2.40. The first-order valence-corrected chi connectivity index (χ1v) is 8.63. The van der Waals surface area contributed by atoms with Crippen molar-refractivity contribution in [3.05, 3.63) is 0 Å². The Bertz CT molecular complexity index is 227. The van der Waals surface area contributed by atoms with Crippen molar-refractivity contribution >= 4 is 11.8 Å². The van der Waals surface area contributed by atoms with Crippen LogP contribution in [0.25, 0.3) is 0 Å². The molecule has 108 valence electrons. The van der Waals surface area contributed by atoms with Crippen LogP contribution in [0.4, 0.5) is 0 Å². The minimum Gasteiger partial charge on any atom is -0.329 e. The SMILES string of the molecule is CCCN1CCC(CN)(N(C)C(C)CSC)CC1. The Morgan fingerprint density at radius 3 is 2.44 bits per heavy atom. The van der Waals surface area contributed by atoms with E-state index in [4.69, 9.17) is 5.73 Å². The molecule has 3 nitrogen and oxygen atoms in total. The number of rotatable bonds is 7. The van der Waals surface area contributed by atoms with Gasteiger partial charge in [0.25, 0.3) is 0 Å².